The monoisotopic (exact) mass is 397 g/mol. The molecule has 5 nitrogen and oxygen atoms in total. The van der Waals surface area contributed by atoms with Crippen molar-refractivity contribution < 1.29 is 19.1 Å². The van der Waals surface area contributed by atoms with E-state index in [1.807, 2.05) is 55.5 Å². The Labute approximate surface area is 169 Å². The van der Waals surface area contributed by atoms with E-state index in [9.17, 15) is 9.59 Å². The van der Waals surface area contributed by atoms with Gasteiger partial charge in [-0.1, -0.05) is 36.8 Å². The number of thioether (sulfide) groups is 1. The van der Waals surface area contributed by atoms with Gasteiger partial charge in [-0.3, -0.25) is 14.5 Å². The molecule has 0 aromatic heterocycles. The molecule has 0 bridgehead atoms. The molecule has 2 amide bonds. The smallest absolute Gasteiger partial charge is 0.293 e. The van der Waals surface area contributed by atoms with Crippen molar-refractivity contribution in [2.45, 2.75) is 20.3 Å². The molecule has 146 valence electrons. The third-order valence-corrected chi connectivity index (χ3v) is 5.04. The van der Waals surface area contributed by atoms with Crippen LogP contribution in [0.5, 0.6) is 11.5 Å². The van der Waals surface area contributed by atoms with Crippen molar-refractivity contribution in [3.63, 3.8) is 0 Å². The second-order valence-electron chi connectivity index (χ2n) is 6.41. The summed E-state index contributed by atoms with van der Waals surface area (Å²) >= 11 is 0.955. The second-order valence-corrected chi connectivity index (χ2v) is 7.41. The van der Waals surface area contributed by atoms with Crippen molar-refractivity contribution in [3.8, 4) is 11.5 Å². The Kier molecular flexibility index (Phi) is 6.76. The van der Waals surface area contributed by atoms with Crippen LogP contribution in [0.4, 0.5) is 4.79 Å². The first kappa shape index (κ1) is 20.0. The summed E-state index contributed by atoms with van der Waals surface area (Å²) in [5.41, 5.74) is 2.00. The number of hydrogen-bond acceptors (Lipinski definition) is 5. The van der Waals surface area contributed by atoms with Gasteiger partial charge in [0.2, 0.25) is 0 Å². The van der Waals surface area contributed by atoms with E-state index in [1.54, 1.807) is 6.08 Å². The third-order valence-electron chi connectivity index (χ3n) is 4.13. The lowest BCUT2D eigenvalue weighted by molar-refractivity contribution is -0.123. The highest BCUT2D eigenvalue weighted by Gasteiger charge is 2.34. The van der Waals surface area contributed by atoms with Gasteiger partial charge in [0, 0.05) is 0 Å². The number of nitrogens with zero attached hydrogens (tertiary/aromatic N) is 1. The number of carbonyl (C=O) groups is 2. The number of benzene rings is 2. The predicted octanol–water partition coefficient (Wildman–Crippen LogP) is 4.90. The maximum Gasteiger partial charge on any atom is 0.293 e. The number of rotatable bonds is 8. The largest absolute Gasteiger partial charge is 0.494 e. The molecule has 0 saturated carbocycles. The highest BCUT2D eigenvalue weighted by molar-refractivity contribution is 8.18. The van der Waals surface area contributed by atoms with E-state index >= 15 is 0 Å². The van der Waals surface area contributed by atoms with Gasteiger partial charge in [0.15, 0.2) is 0 Å². The molecule has 28 heavy (non-hydrogen) atoms. The quantitative estimate of drug-likeness (QED) is 0.593. The molecule has 1 fully saturated rings. The maximum absolute atomic E-state index is 12.6. The van der Waals surface area contributed by atoms with Crippen LogP contribution in [-0.4, -0.2) is 35.8 Å². The molecule has 0 spiro atoms. The minimum absolute atomic E-state index is 0.222. The molecule has 1 aliphatic heterocycles. The SMILES string of the molecule is CCCOc1ccc(/C=C2\SC(=O)N(CCOc3ccc(C)cc3)C2=O)cc1. The lowest BCUT2D eigenvalue weighted by atomic mass is 10.2. The van der Waals surface area contributed by atoms with Crippen molar-refractivity contribution in [3.05, 3.63) is 64.6 Å². The summed E-state index contributed by atoms with van der Waals surface area (Å²) in [6.45, 7) is 5.21. The minimum atomic E-state index is -0.284. The van der Waals surface area contributed by atoms with Gasteiger partial charge < -0.3 is 9.47 Å². The maximum atomic E-state index is 12.6. The zero-order chi connectivity index (χ0) is 19.9. The Hall–Kier alpha value is -2.73. The lowest BCUT2D eigenvalue weighted by Gasteiger charge is -2.13. The summed E-state index contributed by atoms with van der Waals surface area (Å²) in [6, 6.07) is 15.1. The Morgan fingerprint density at radius 1 is 0.929 bits per heavy atom. The van der Waals surface area contributed by atoms with Crippen LogP contribution < -0.4 is 9.47 Å². The molecule has 0 unspecified atom stereocenters. The first-order valence-corrected chi connectivity index (χ1v) is 10.1. The number of aryl methyl sites for hydroxylation is 1. The van der Waals surface area contributed by atoms with Gasteiger partial charge in [-0.25, -0.2) is 0 Å². The van der Waals surface area contributed by atoms with E-state index < -0.39 is 0 Å². The number of hydrogen-bond donors (Lipinski definition) is 0. The molecule has 0 N–H and O–H groups in total. The van der Waals surface area contributed by atoms with Gasteiger partial charge >= 0.3 is 0 Å². The molecule has 3 rings (SSSR count). The van der Waals surface area contributed by atoms with E-state index in [-0.39, 0.29) is 24.3 Å². The van der Waals surface area contributed by atoms with E-state index in [0.29, 0.717) is 11.5 Å². The zero-order valence-corrected chi connectivity index (χ0v) is 16.8. The third kappa shape index (κ3) is 5.16. The van der Waals surface area contributed by atoms with Crippen LogP contribution in [0, 0.1) is 6.92 Å². The lowest BCUT2D eigenvalue weighted by Crippen LogP contribution is -2.32. The zero-order valence-electron chi connectivity index (χ0n) is 16.0. The van der Waals surface area contributed by atoms with Crippen LogP contribution in [-0.2, 0) is 4.79 Å². The number of ether oxygens (including phenoxy) is 2. The van der Waals surface area contributed by atoms with Crippen molar-refractivity contribution >= 4 is 29.0 Å². The van der Waals surface area contributed by atoms with E-state index in [0.717, 1.165) is 40.8 Å². The summed E-state index contributed by atoms with van der Waals surface area (Å²) in [7, 11) is 0. The normalized spacial score (nSPS) is 15.4. The van der Waals surface area contributed by atoms with E-state index in [4.69, 9.17) is 9.47 Å². The van der Waals surface area contributed by atoms with Gasteiger partial charge in [-0.05, 0) is 61.0 Å². The van der Waals surface area contributed by atoms with Crippen molar-refractivity contribution in [2.75, 3.05) is 19.8 Å². The Balaban J connectivity index is 1.57. The molecular weight excluding hydrogens is 374 g/mol. The molecule has 1 heterocycles. The van der Waals surface area contributed by atoms with Gasteiger partial charge in [-0.2, -0.15) is 0 Å². The number of imide groups is 1. The van der Waals surface area contributed by atoms with Crippen molar-refractivity contribution in [2.24, 2.45) is 0 Å². The minimum Gasteiger partial charge on any atom is -0.494 e. The van der Waals surface area contributed by atoms with Crippen LogP contribution in [0.3, 0.4) is 0 Å². The molecule has 1 aliphatic rings. The fraction of sp³-hybridized carbons (Fsp3) is 0.273. The van der Waals surface area contributed by atoms with Gasteiger partial charge in [0.1, 0.15) is 18.1 Å². The molecule has 1 saturated heterocycles. The van der Waals surface area contributed by atoms with Crippen LogP contribution >= 0.6 is 11.8 Å². The summed E-state index contributed by atoms with van der Waals surface area (Å²) in [6.07, 6.45) is 2.68. The highest BCUT2D eigenvalue weighted by Crippen LogP contribution is 2.32. The number of carbonyl (C=O) groups excluding carboxylic acids is 2. The average molecular weight is 397 g/mol. The summed E-state index contributed by atoms with van der Waals surface area (Å²) < 4.78 is 11.2. The number of amides is 2. The molecule has 0 atom stereocenters. The molecule has 0 aliphatic carbocycles. The summed E-state index contributed by atoms with van der Waals surface area (Å²) in [5.74, 6) is 1.23. The van der Waals surface area contributed by atoms with Crippen molar-refractivity contribution in [1.82, 2.24) is 4.90 Å². The van der Waals surface area contributed by atoms with Gasteiger partial charge in [-0.15, -0.1) is 0 Å². The Morgan fingerprint density at radius 3 is 2.18 bits per heavy atom. The van der Waals surface area contributed by atoms with Crippen LogP contribution in [0.1, 0.15) is 24.5 Å². The van der Waals surface area contributed by atoms with E-state index in [1.165, 1.54) is 4.90 Å². The van der Waals surface area contributed by atoms with Crippen LogP contribution in [0.25, 0.3) is 6.08 Å². The molecule has 2 aromatic rings. The highest BCUT2D eigenvalue weighted by atomic mass is 32.2. The predicted molar refractivity (Wildman–Crippen MR) is 112 cm³/mol. The average Bonchev–Trinajstić information content (AvgIpc) is 2.96. The molecular formula is C22H23NO4S. The topological polar surface area (TPSA) is 55.8 Å². The van der Waals surface area contributed by atoms with Gasteiger partial charge in [0.05, 0.1) is 18.1 Å². The summed E-state index contributed by atoms with van der Waals surface area (Å²) in [5, 5.41) is -0.272. The molecule has 6 heteroatoms. The van der Waals surface area contributed by atoms with Crippen molar-refractivity contribution in [1.29, 1.82) is 0 Å². The molecule has 0 radical (unpaired) electrons. The standard InChI is InChI=1S/C22H23NO4S/c1-3-13-26-19-10-6-17(7-11-19)15-20-21(24)23(22(25)28-20)12-14-27-18-8-4-16(2)5-9-18/h4-11,15H,3,12-14H2,1-2H3/b20-15-. The first-order chi connectivity index (χ1) is 13.6. The van der Waals surface area contributed by atoms with Gasteiger partial charge in [0.25, 0.3) is 11.1 Å². The first-order valence-electron chi connectivity index (χ1n) is 9.24. The Morgan fingerprint density at radius 2 is 1.54 bits per heavy atom. The van der Waals surface area contributed by atoms with E-state index in [2.05, 4.69) is 6.92 Å². The summed E-state index contributed by atoms with van der Waals surface area (Å²) in [4.78, 5) is 26.4. The van der Waals surface area contributed by atoms with Crippen LogP contribution in [0.2, 0.25) is 0 Å². The fourth-order valence-electron chi connectivity index (χ4n) is 2.61. The van der Waals surface area contributed by atoms with Crippen LogP contribution in [0.15, 0.2) is 53.4 Å². The molecule has 2 aromatic carbocycles. The second kappa shape index (κ2) is 9.46. The fourth-order valence-corrected chi connectivity index (χ4v) is 3.48. The Bertz CT molecular complexity index is 859.